The smallest absolute Gasteiger partial charge is 0.0317 e. The molecule has 0 aliphatic carbocycles. The number of hydrogen-bond acceptors (Lipinski definition) is 2. The lowest BCUT2D eigenvalue weighted by Gasteiger charge is -2.29. The Hall–Kier alpha value is -1.02. The Morgan fingerprint density at radius 1 is 1.06 bits per heavy atom. The zero-order chi connectivity index (χ0) is 13.3. The maximum atomic E-state index is 5.86. The van der Waals surface area contributed by atoms with Gasteiger partial charge in [-0.2, -0.15) is 0 Å². The van der Waals surface area contributed by atoms with Gasteiger partial charge in [-0.05, 0) is 41.0 Å². The van der Waals surface area contributed by atoms with Gasteiger partial charge in [0.2, 0.25) is 0 Å². The summed E-state index contributed by atoms with van der Waals surface area (Å²) in [5, 5.41) is 0. The van der Waals surface area contributed by atoms with Crippen LogP contribution in [0.5, 0.6) is 0 Å². The highest BCUT2D eigenvalue weighted by molar-refractivity contribution is 5.46. The van der Waals surface area contributed by atoms with E-state index in [4.69, 9.17) is 5.73 Å². The van der Waals surface area contributed by atoms with Gasteiger partial charge < -0.3 is 5.73 Å². The maximum Gasteiger partial charge on any atom is 0.0317 e. The summed E-state index contributed by atoms with van der Waals surface area (Å²) in [4.78, 5) is 2.56. The fourth-order valence-electron chi connectivity index (χ4n) is 3.10. The predicted molar refractivity (Wildman–Crippen MR) is 78.1 cm³/mol. The molecule has 0 fully saturated rings. The van der Waals surface area contributed by atoms with Crippen molar-refractivity contribution in [2.45, 2.75) is 40.8 Å². The van der Waals surface area contributed by atoms with Crippen LogP contribution in [0.15, 0.2) is 18.2 Å². The number of nitrogen functional groups attached to an aromatic ring is 1. The zero-order valence-corrected chi connectivity index (χ0v) is 12.1. The van der Waals surface area contributed by atoms with E-state index in [1.807, 2.05) is 6.07 Å². The van der Waals surface area contributed by atoms with Gasteiger partial charge >= 0.3 is 0 Å². The minimum atomic E-state index is 0.749. The second kappa shape index (κ2) is 5.31. The highest BCUT2D eigenvalue weighted by atomic mass is 15.1. The maximum absolute atomic E-state index is 5.86. The first-order chi connectivity index (χ1) is 8.47. The van der Waals surface area contributed by atoms with Gasteiger partial charge in [0, 0.05) is 25.3 Å². The van der Waals surface area contributed by atoms with Crippen molar-refractivity contribution in [1.29, 1.82) is 0 Å². The van der Waals surface area contributed by atoms with Crippen LogP contribution >= 0.6 is 0 Å². The van der Waals surface area contributed by atoms with Gasteiger partial charge in [-0.15, -0.1) is 0 Å². The Kier molecular flexibility index (Phi) is 3.96. The Balaban J connectivity index is 2.02. The highest BCUT2D eigenvalue weighted by Crippen LogP contribution is 2.28. The molecule has 1 aliphatic rings. The second-order valence-corrected chi connectivity index (χ2v) is 6.35. The lowest BCUT2D eigenvalue weighted by atomic mass is 9.85. The highest BCUT2D eigenvalue weighted by Gasteiger charge is 2.25. The van der Waals surface area contributed by atoms with Crippen molar-refractivity contribution in [3.8, 4) is 0 Å². The van der Waals surface area contributed by atoms with E-state index in [0.717, 1.165) is 36.5 Å². The van der Waals surface area contributed by atoms with Gasteiger partial charge in [0.1, 0.15) is 0 Å². The molecule has 1 aliphatic heterocycles. The molecule has 2 nitrogen and oxygen atoms in total. The molecule has 18 heavy (non-hydrogen) atoms. The van der Waals surface area contributed by atoms with E-state index in [1.54, 1.807) is 0 Å². The van der Waals surface area contributed by atoms with E-state index in [9.17, 15) is 0 Å². The molecule has 0 unspecified atom stereocenters. The lowest BCUT2D eigenvalue weighted by Crippen LogP contribution is -2.30. The van der Waals surface area contributed by atoms with Gasteiger partial charge in [0.25, 0.3) is 0 Å². The zero-order valence-electron chi connectivity index (χ0n) is 12.1. The van der Waals surface area contributed by atoms with E-state index in [-0.39, 0.29) is 0 Å². The minimum absolute atomic E-state index is 0.749. The average molecular weight is 246 g/mol. The Morgan fingerprint density at radius 3 is 2.28 bits per heavy atom. The van der Waals surface area contributed by atoms with Gasteiger partial charge in [-0.25, -0.2) is 0 Å². The van der Waals surface area contributed by atoms with Crippen LogP contribution in [0.4, 0.5) is 5.69 Å². The summed E-state index contributed by atoms with van der Waals surface area (Å²) in [6.07, 6.45) is 0. The molecule has 0 saturated heterocycles. The number of rotatable bonds is 4. The number of nitrogens with two attached hydrogens (primary N) is 1. The van der Waals surface area contributed by atoms with E-state index >= 15 is 0 Å². The third-order valence-corrected chi connectivity index (χ3v) is 4.20. The van der Waals surface area contributed by atoms with Crippen LogP contribution in [-0.4, -0.2) is 11.4 Å². The topological polar surface area (TPSA) is 29.3 Å². The molecule has 0 bridgehead atoms. The summed E-state index contributed by atoms with van der Waals surface area (Å²) in [6.45, 7) is 12.7. The third-order valence-electron chi connectivity index (χ3n) is 4.20. The number of fused-ring (bicyclic) bond motifs is 1. The van der Waals surface area contributed by atoms with Crippen LogP contribution in [0.25, 0.3) is 0 Å². The Bertz CT molecular complexity index is 402. The van der Waals surface area contributed by atoms with Crippen LogP contribution in [0.2, 0.25) is 0 Å². The van der Waals surface area contributed by atoms with Crippen LogP contribution in [0.3, 0.4) is 0 Å². The van der Waals surface area contributed by atoms with Crippen molar-refractivity contribution in [1.82, 2.24) is 4.90 Å². The molecule has 1 aromatic carbocycles. The van der Waals surface area contributed by atoms with Gasteiger partial charge in [-0.1, -0.05) is 33.8 Å². The van der Waals surface area contributed by atoms with Crippen LogP contribution in [0, 0.1) is 17.8 Å². The Labute approximate surface area is 111 Å². The van der Waals surface area contributed by atoms with Gasteiger partial charge in [0.15, 0.2) is 0 Å². The quantitative estimate of drug-likeness (QED) is 0.824. The summed E-state index contributed by atoms with van der Waals surface area (Å²) in [7, 11) is 0. The number of hydrogen-bond donors (Lipinski definition) is 1. The predicted octanol–water partition coefficient (Wildman–Crippen LogP) is 3.51. The first kappa shape index (κ1) is 13.4. The number of benzene rings is 1. The molecule has 100 valence electrons. The molecule has 0 atom stereocenters. The van der Waals surface area contributed by atoms with Crippen LogP contribution < -0.4 is 5.73 Å². The first-order valence-corrected chi connectivity index (χ1v) is 7.07. The largest absolute Gasteiger partial charge is 0.399 e. The number of anilines is 1. The minimum Gasteiger partial charge on any atom is -0.399 e. The lowest BCUT2D eigenvalue weighted by molar-refractivity contribution is 0.166. The van der Waals surface area contributed by atoms with E-state index in [2.05, 4.69) is 44.7 Å². The summed E-state index contributed by atoms with van der Waals surface area (Å²) in [5.41, 5.74) is 9.62. The van der Waals surface area contributed by atoms with Crippen molar-refractivity contribution in [3.05, 3.63) is 29.3 Å². The van der Waals surface area contributed by atoms with Crippen LogP contribution in [0.1, 0.15) is 38.8 Å². The standard InChI is InChI=1S/C16H26N2/c1-11(2)16(12(3)4)10-18-8-13-5-6-15(17)7-14(13)9-18/h5-7,11-12,16H,8-10,17H2,1-4H3. The van der Waals surface area contributed by atoms with Crippen molar-refractivity contribution in [2.24, 2.45) is 17.8 Å². The van der Waals surface area contributed by atoms with Crippen molar-refractivity contribution in [2.75, 3.05) is 12.3 Å². The number of nitrogens with zero attached hydrogens (tertiary/aromatic N) is 1. The first-order valence-electron chi connectivity index (χ1n) is 7.07. The van der Waals surface area contributed by atoms with Gasteiger partial charge in [0.05, 0.1) is 0 Å². The summed E-state index contributed by atoms with van der Waals surface area (Å²) in [5.74, 6) is 2.27. The SMILES string of the molecule is CC(C)C(CN1Cc2ccc(N)cc2C1)C(C)C. The summed E-state index contributed by atoms with van der Waals surface area (Å²) < 4.78 is 0. The molecule has 2 rings (SSSR count). The molecule has 0 saturated carbocycles. The molecule has 2 heteroatoms. The Morgan fingerprint density at radius 2 is 1.67 bits per heavy atom. The van der Waals surface area contributed by atoms with E-state index in [0.29, 0.717) is 0 Å². The van der Waals surface area contributed by atoms with E-state index in [1.165, 1.54) is 17.7 Å². The normalized spacial score (nSPS) is 15.9. The van der Waals surface area contributed by atoms with Gasteiger partial charge in [-0.3, -0.25) is 4.90 Å². The van der Waals surface area contributed by atoms with Crippen LogP contribution in [-0.2, 0) is 13.1 Å². The molecular formula is C16H26N2. The third kappa shape index (κ3) is 2.86. The van der Waals surface area contributed by atoms with Crippen molar-refractivity contribution < 1.29 is 0 Å². The molecule has 0 spiro atoms. The molecule has 1 aromatic rings. The van der Waals surface area contributed by atoms with Crippen molar-refractivity contribution >= 4 is 5.69 Å². The van der Waals surface area contributed by atoms with Crippen molar-refractivity contribution in [3.63, 3.8) is 0 Å². The molecule has 0 radical (unpaired) electrons. The molecule has 2 N–H and O–H groups in total. The second-order valence-electron chi connectivity index (χ2n) is 6.35. The molecule has 0 amide bonds. The fraction of sp³-hybridized carbons (Fsp3) is 0.625. The average Bonchev–Trinajstić information content (AvgIpc) is 2.66. The molecular weight excluding hydrogens is 220 g/mol. The van der Waals surface area contributed by atoms with E-state index < -0.39 is 0 Å². The summed E-state index contributed by atoms with van der Waals surface area (Å²) in [6, 6.07) is 6.34. The molecule has 0 aromatic heterocycles. The molecule has 1 heterocycles. The monoisotopic (exact) mass is 246 g/mol. The fourth-order valence-corrected chi connectivity index (χ4v) is 3.10. The summed E-state index contributed by atoms with van der Waals surface area (Å²) >= 11 is 0.